The molecule has 2 aliphatic heterocycles. The van der Waals surface area contributed by atoms with Crippen molar-refractivity contribution in [2.45, 2.75) is 61.3 Å². The predicted molar refractivity (Wildman–Crippen MR) is 207 cm³/mol. The SMILES string of the molecule is CCn1nnc([C@H]2O[C@@H](n3cnc4c(NCC(c5ccccc5)c5ccccc5)nc(N5CC[C@@H](NC(=O)Nc6cccc(S(N)(=O)=O)c6)C5)nc43)[C@@H](O)[C@@H]2O)n1. The van der Waals surface area contributed by atoms with Crippen LogP contribution in [0, 0.1) is 0 Å². The van der Waals surface area contributed by atoms with Gasteiger partial charge in [0.05, 0.1) is 17.8 Å². The van der Waals surface area contributed by atoms with Crippen LogP contribution in [0.1, 0.15) is 48.5 Å². The number of hydrogen-bond acceptors (Lipinski definition) is 14. The molecule has 2 amide bonds. The zero-order valence-corrected chi connectivity index (χ0v) is 31.5. The number of sulfonamides is 1. The topological polar surface area (TPSA) is 253 Å². The molecule has 7 N–H and O–H groups in total. The Hall–Kier alpha value is -6.06. The van der Waals surface area contributed by atoms with E-state index in [0.717, 1.165) is 11.1 Å². The summed E-state index contributed by atoms with van der Waals surface area (Å²) in [6, 6.07) is 25.1. The molecule has 57 heavy (non-hydrogen) atoms. The van der Waals surface area contributed by atoms with Gasteiger partial charge in [0, 0.05) is 37.3 Å². The lowest BCUT2D eigenvalue weighted by Gasteiger charge is -2.22. The third-order valence-electron chi connectivity index (χ3n) is 10.0. The number of primary sulfonamides is 1. The maximum Gasteiger partial charge on any atom is 0.319 e. The summed E-state index contributed by atoms with van der Waals surface area (Å²) < 4.78 is 31.4. The van der Waals surface area contributed by atoms with Crippen LogP contribution in [0.15, 0.2) is 96.2 Å². The number of rotatable bonds is 12. The minimum absolute atomic E-state index is 0.0487. The van der Waals surface area contributed by atoms with Gasteiger partial charge in [0.25, 0.3) is 0 Å². The van der Waals surface area contributed by atoms with Crippen LogP contribution in [-0.2, 0) is 21.3 Å². The van der Waals surface area contributed by atoms with Gasteiger partial charge < -0.3 is 35.8 Å². The minimum Gasteiger partial charge on any atom is -0.387 e. The van der Waals surface area contributed by atoms with Gasteiger partial charge in [0.15, 0.2) is 29.3 Å². The van der Waals surface area contributed by atoms with Crippen LogP contribution >= 0.6 is 0 Å². The number of carbonyl (C=O) groups excluding carboxylic acids is 1. The first-order valence-corrected chi connectivity index (χ1v) is 19.9. The number of amides is 2. The Labute approximate surface area is 327 Å². The number of hydrogen-bond donors (Lipinski definition) is 6. The Morgan fingerprint density at radius 3 is 2.42 bits per heavy atom. The molecule has 2 fully saturated rings. The Morgan fingerprint density at radius 1 is 1.00 bits per heavy atom. The molecule has 8 rings (SSSR count). The van der Waals surface area contributed by atoms with Gasteiger partial charge >= 0.3 is 6.03 Å². The second-order valence-corrected chi connectivity index (χ2v) is 15.4. The monoisotopic (exact) mass is 795 g/mol. The molecule has 2 saturated heterocycles. The highest BCUT2D eigenvalue weighted by molar-refractivity contribution is 7.89. The number of nitrogens with one attached hydrogen (secondary N) is 3. The van der Waals surface area contributed by atoms with Gasteiger partial charge in [-0.15, -0.1) is 10.2 Å². The highest BCUT2D eigenvalue weighted by Crippen LogP contribution is 2.39. The van der Waals surface area contributed by atoms with Gasteiger partial charge in [-0.25, -0.2) is 23.3 Å². The molecule has 3 aromatic heterocycles. The molecule has 0 aliphatic carbocycles. The molecule has 0 saturated carbocycles. The van der Waals surface area contributed by atoms with Crippen molar-refractivity contribution >= 4 is 44.7 Å². The summed E-state index contributed by atoms with van der Waals surface area (Å²) in [5.41, 5.74) is 3.23. The summed E-state index contributed by atoms with van der Waals surface area (Å²) in [7, 11) is -3.95. The summed E-state index contributed by atoms with van der Waals surface area (Å²) in [5, 5.41) is 49.0. The summed E-state index contributed by atoms with van der Waals surface area (Å²) in [5.74, 6) is 0.863. The molecular formula is C37H41N13O6S. The number of urea groups is 1. The van der Waals surface area contributed by atoms with E-state index < -0.39 is 40.6 Å². The van der Waals surface area contributed by atoms with Crippen LogP contribution in [-0.4, -0.2) is 102 Å². The fraction of sp³-hybridized carbons (Fsp3) is 0.324. The number of nitrogens with two attached hydrogens (primary N) is 1. The van der Waals surface area contributed by atoms with Gasteiger partial charge in [-0.2, -0.15) is 14.8 Å². The van der Waals surface area contributed by atoms with Crippen molar-refractivity contribution < 1.29 is 28.2 Å². The summed E-state index contributed by atoms with van der Waals surface area (Å²) in [6.07, 6.45) is -2.87. The van der Waals surface area contributed by atoms with E-state index in [4.69, 9.17) is 19.8 Å². The Morgan fingerprint density at radius 2 is 1.74 bits per heavy atom. The summed E-state index contributed by atoms with van der Waals surface area (Å²) >= 11 is 0. The number of aliphatic hydroxyl groups is 2. The van der Waals surface area contributed by atoms with E-state index in [1.807, 2.05) is 48.2 Å². The number of aromatic nitrogens is 8. The third kappa shape index (κ3) is 7.98. The van der Waals surface area contributed by atoms with Crippen molar-refractivity contribution in [1.82, 2.24) is 45.0 Å². The molecule has 0 spiro atoms. The van der Waals surface area contributed by atoms with Gasteiger partial charge in [-0.1, -0.05) is 66.7 Å². The maximum atomic E-state index is 13.0. The average Bonchev–Trinajstić information content (AvgIpc) is 4.03. The lowest BCUT2D eigenvalue weighted by Crippen LogP contribution is -2.40. The van der Waals surface area contributed by atoms with Gasteiger partial charge in [0.1, 0.15) is 12.2 Å². The Kier molecular flexibility index (Phi) is 10.5. The number of carbonyl (C=O) groups is 1. The van der Waals surface area contributed by atoms with Crippen molar-refractivity contribution in [3.8, 4) is 0 Å². The molecule has 6 aromatic rings. The number of aryl methyl sites for hydroxylation is 1. The second-order valence-electron chi connectivity index (χ2n) is 13.8. The molecule has 0 unspecified atom stereocenters. The number of aliphatic hydroxyl groups excluding tert-OH is 2. The van der Waals surface area contributed by atoms with Gasteiger partial charge in [-0.05, 0) is 47.9 Å². The standard InChI is InChI=1S/C37H41N13O6S/c1-2-50-46-33(45-47-50)31-29(51)30(52)35(56-31)49-21-40-28-32(39-19-27(22-10-5-3-6-11-22)23-12-7-4-8-13-23)43-36(44-34(28)49)48-17-16-25(20-48)42-37(53)41-24-14-9-15-26(18-24)57(38,54)55/h3-15,18,21,25,27,29-31,35,51-52H,2,16-17,19-20H2,1H3,(H2,38,54,55)(H,39,43,44)(H2,41,42,53)/t25-,29+,30+,31+,35-/m1/s1. The zero-order valence-electron chi connectivity index (χ0n) is 30.7. The molecular weight excluding hydrogens is 755 g/mol. The largest absolute Gasteiger partial charge is 0.387 e. The lowest BCUT2D eigenvalue weighted by atomic mass is 9.91. The Bertz CT molecular complexity index is 2430. The molecule has 3 aromatic carbocycles. The van der Waals surface area contributed by atoms with E-state index in [0.29, 0.717) is 55.5 Å². The molecule has 2 aliphatic rings. The number of anilines is 3. The van der Waals surface area contributed by atoms with Crippen LogP contribution in [0.3, 0.4) is 0 Å². The number of imidazole rings is 1. The van der Waals surface area contributed by atoms with Crippen molar-refractivity contribution in [3.05, 3.63) is 108 Å². The van der Waals surface area contributed by atoms with E-state index >= 15 is 0 Å². The number of benzene rings is 3. The van der Waals surface area contributed by atoms with Gasteiger partial charge in [0.2, 0.25) is 21.8 Å². The molecule has 0 radical (unpaired) electrons. The number of ether oxygens (including phenoxy) is 1. The first-order valence-electron chi connectivity index (χ1n) is 18.4. The lowest BCUT2D eigenvalue weighted by molar-refractivity contribution is -0.0384. The number of tetrazole rings is 1. The highest BCUT2D eigenvalue weighted by Gasteiger charge is 2.47. The maximum absolute atomic E-state index is 13.0. The zero-order chi connectivity index (χ0) is 39.7. The number of fused-ring (bicyclic) bond motifs is 1. The first-order chi connectivity index (χ1) is 27.6. The van der Waals surface area contributed by atoms with E-state index in [1.54, 1.807) is 10.6 Å². The molecule has 5 atom stereocenters. The summed E-state index contributed by atoms with van der Waals surface area (Å²) in [4.78, 5) is 30.7. The van der Waals surface area contributed by atoms with Gasteiger partial charge in [-0.3, -0.25) is 4.57 Å². The first kappa shape index (κ1) is 37.8. The summed E-state index contributed by atoms with van der Waals surface area (Å²) in [6.45, 7) is 3.60. The van der Waals surface area contributed by atoms with Crippen molar-refractivity contribution in [2.75, 3.05) is 35.2 Å². The molecule has 20 heteroatoms. The molecule has 0 bridgehead atoms. The van der Waals surface area contributed by atoms with Crippen molar-refractivity contribution in [2.24, 2.45) is 5.14 Å². The van der Waals surface area contributed by atoms with Crippen molar-refractivity contribution in [1.29, 1.82) is 0 Å². The fourth-order valence-electron chi connectivity index (χ4n) is 7.12. The minimum atomic E-state index is -3.95. The van der Waals surface area contributed by atoms with E-state index in [9.17, 15) is 23.4 Å². The normalized spacial score (nSPS) is 21.0. The van der Waals surface area contributed by atoms with Crippen LogP contribution in [0.2, 0.25) is 0 Å². The number of nitrogens with zero attached hydrogens (tertiary/aromatic N) is 9. The molecule has 19 nitrogen and oxygen atoms in total. The fourth-order valence-corrected chi connectivity index (χ4v) is 7.68. The average molecular weight is 796 g/mol. The van der Waals surface area contributed by atoms with Crippen LogP contribution in [0.5, 0.6) is 0 Å². The predicted octanol–water partition coefficient (Wildman–Crippen LogP) is 2.12. The molecule has 296 valence electrons. The van der Waals surface area contributed by atoms with Crippen molar-refractivity contribution in [3.63, 3.8) is 0 Å². The molecule has 5 heterocycles. The van der Waals surface area contributed by atoms with Crippen LogP contribution in [0.4, 0.5) is 22.2 Å². The third-order valence-corrected chi connectivity index (χ3v) is 10.9. The van der Waals surface area contributed by atoms with E-state index in [2.05, 4.69) is 60.6 Å². The quantitative estimate of drug-likeness (QED) is 0.104. The van der Waals surface area contributed by atoms with E-state index in [-0.39, 0.29) is 28.4 Å². The van der Waals surface area contributed by atoms with E-state index in [1.165, 1.54) is 29.3 Å². The highest BCUT2D eigenvalue weighted by atomic mass is 32.2. The van der Waals surface area contributed by atoms with Crippen LogP contribution < -0.4 is 26.0 Å². The van der Waals surface area contributed by atoms with Crippen LogP contribution in [0.25, 0.3) is 11.2 Å². The smallest absolute Gasteiger partial charge is 0.319 e. The Balaban J connectivity index is 1.08. The second kappa shape index (κ2) is 15.8.